The van der Waals surface area contributed by atoms with Crippen molar-refractivity contribution in [3.63, 3.8) is 0 Å². The van der Waals surface area contributed by atoms with Crippen molar-refractivity contribution in [1.29, 1.82) is 0 Å². The molecule has 168 valence electrons. The Labute approximate surface area is 190 Å². The lowest BCUT2D eigenvalue weighted by Crippen LogP contribution is -2.35. The number of anilines is 2. The maximum Gasteiger partial charge on any atom is 0.410 e. The number of amides is 1. The molecule has 1 amide bonds. The van der Waals surface area contributed by atoms with Gasteiger partial charge in [-0.1, -0.05) is 40.2 Å². The van der Waals surface area contributed by atoms with E-state index in [0.717, 1.165) is 9.15 Å². The van der Waals surface area contributed by atoms with Crippen molar-refractivity contribution in [3.8, 4) is 0 Å². The number of hydrogen-bond donors (Lipinski definition) is 3. The van der Waals surface area contributed by atoms with Crippen LogP contribution in [0.3, 0.4) is 0 Å². The summed E-state index contributed by atoms with van der Waals surface area (Å²) in [5.74, 6) is -0.499. The van der Waals surface area contributed by atoms with Crippen LogP contribution in [0, 0.1) is 0 Å². The van der Waals surface area contributed by atoms with Crippen LogP contribution in [0.1, 0.15) is 53.1 Å². The van der Waals surface area contributed by atoms with Crippen molar-refractivity contribution in [2.75, 3.05) is 10.6 Å². The molecule has 1 aliphatic heterocycles. The predicted molar refractivity (Wildman–Crippen MR) is 117 cm³/mol. The SMILES string of the molecule is C[C@H](O)c1ccc(NC(=O)c2cc3n(n2)[C@@H](C(F)(F)F)C[C@@H](c2ccc(Br)cc2)N3)cc1. The lowest BCUT2D eigenvalue weighted by molar-refractivity contribution is -0.173. The Kier molecular flexibility index (Phi) is 6.00. The van der Waals surface area contributed by atoms with Crippen molar-refractivity contribution >= 4 is 33.3 Å². The molecular weight excluding hydrogens is 489 g/mol. The van der Waals surface area contributed by atoms with E-state index in [2.05, 4.69) is 31.7 Å². The minimum atomic E-state index is -4.53. The number of halogens is 4. The van der Waals surface area contributed by atoms with Crippen LogP contribution in [-0.4, -0.2) is 27.0 Å². The van der Waals surface area contributed by atoms with Crippen LogP contribution in [0.25, 0.3) is 0 Å². The maximum absolute atomic E-state index is 13.8. The van der Waals surface area contributed by atoms with E-state index in [1.807, 2.05) is 0 Å². The lowest BCUT2D eigenvalue weighted by Gasteiger charge is -2.33. The van der Waals surface area contributed by atoms with Gasteiger partial charge in [0, 0.05) is 22.6 Å². The Morgan fingerprint density at radius 1 is 1.22 bits per heavy atom. The van der Waals surface area contributed by atoms with Gasteiger partial charge in [0.15, 0.2) is 11.7 Å². The quantitative estimate of drug-likeness (QED) is 0.427. The van der Waals surface area contributed by atoms with Crippen LogP contribution in [-0.2, 0) is 0 Å². The highest BCUT2D eigenvalue weighted by atomic mass is 79.9. The number of carbonyl (C=O) groups excluding carboxylic acids is 1. The van der Waals surface area contributed by atoms with Gasteiger partial charge in [-0.3, -0.25) is 4.79 Å². The van der Waals surface area contributed by atoms with E-state index in [-0.39, 0.29) is 17.9 Å². The third-order valence-electron chi connectivity index (χ3n) is 5.35. The highest BCUT2D eigenvalue weighted by Gasteiger charge is 2.46. The first-order chi connectivity index (χ1) is 15.1. The second-order valence-corrected chi connectivity index (χ2v) is 8.57. The molecule has 0 aliphatic carbocycles. The zero-order valence-electron chi connectivity index (χ0n) is 16.9. The van der Waals surface area contributed by atoms with Gasteiger partial charge in [-0.15, -0.1) is 0 Å². The molecule has 10 heteroatoms. The summed E-state index contributed by atoms with van der Waals surface area (Å²) in [4.78, 5) is 12.6. The molecule has 3 N–H and O–H groups in total. The second-order valence-electron chi connectivity index (χ2n) is 7.65. The van der Waals surface area contributed by atoms with Crippen LogP contribution in [0.5, 0.6) is 0 Å². The summed E-state index contributed by atoms with van der Waals surface area (Å²) in [5.41, 5.74) is 1.70. The molecule has 1 aromatic heterocycles. The molecule has 2 aromatic carbocycles. The molecule has 0 saturated carbocycles. The van der Waals surface area contributed by atoms with E-state index >= 15 is 0 Å². The molecule has 6 nitrogen and oxygen atoms in total. The Bertz CT molecular complexity index is 1110. The van der Waals surface area contributed by atoms with Gasteiger partial charge >= 0.3 is 6.18 Å². The summed E-state index contributed by atoms with van der Waals surface area (Å²) < 4.78 is 43.1. The van der Waals surface area contributed by atoms with Crippen molar-refractivity contribution in [3.05, 3.63) is 75.9 Å². The van der Waals surface area contributed by atoms with Crippen LogP contribution in [0.2, 0.25) is 0 Å². The molecular formula is C22H20BrF3N4O2. The van der Waals surface area contributed by atoms with Crippen molar-refractivity contribution in [2.45, 2.75) is 37.7 Å². The van der Waals surface area contributed by atoms with Crippen molar-refractivity contribution in [1.82, 2.24) is 9.78 Å². The van der Waals surface area contributed by atoms with E-state index in [4.69, 9.17) is 0 Å². The number of aromatic nitrogens is 2. The smallest absolute Gasteiger partial charge is 0.389 e. The molecule has 0 radical (unpaired) electrons. The molecule has 32 heavy (non-hydrogen) atoms. The number of nitrogens with one attached hydrogen (secondary N) is 2. The normalized spacial score (nSPS) is 19.1. The summed E-state index contributed by atoms with van der Waals surface area (Å²) >= 11 is 3.32. The summed E-state index contributed by atoms with van der Waals surface area (Å²) in [6.07, 6.45) is -5.42. The van der Waals surface area contributed by atoms with Crippen LogP contribution in [0.4, 0.5) is 24.7 Å². The fourth-order valence-electron chi connectivity index (χ4n) is 3.64. The minimum absolute atomic E-state index is 0.126. The van der Waals surface area contributed by atoms with Gasteiger partial charge in [0.25, 0.3) is 5.91 Å². The first-order valence-corrected chi connectivity index (χ1v) is 10.7. The number of hydrogen-bond acceptors (Lipinski definition) is 4. The van der Waals surface area contributed by atoms with Gasteiger partial charge in [-0.2, -0.15) is 18.3 Å². The Hall–Kier alpha value is -2.85. The number of aliphatic hydroxyl groups excluding tert-OH is 1. The largest absolute Gasteiger partial charge is 0.410 e. The third kappa shape index (κ3) is 4.66. The predicted octanol–water partition coefficient (Wildman–Crippen LogP) is 5.61. The molecule has 0 bridgehead atoms. The van der Waals surface area contributed by atoms with Crippen LogP contribution in [0.15, 0.2) is 59.1 Å². The number of benzene rings is 2. The van der Waals surface area contributed by atoms with E-state index in [0.29, 0.717) is 16.8 Å². The number of alkyl halides is 3. The molecule has 1 aliphatic rings. The van der Waals surface area contributed by atoms with Crippen LogP contribution < -0.4 is 10.6 Å². The minimum Gasteiger partial charge on any atom is -0.389 e. The summed E-state index contributed by atoms with van der Waals surface area (Å²) in [5, 5.41) is 19.2. The number of aliphatic hydroxyl groups is 1. The average Bonchev–Trinajstić information content (AvgIpc) is 3.17. The van der Waals surface area contributed by atoms with E-state index in [1.54, 1.807) is 55.5 Å². The Morgan fingerprint density at radius 2 is 1.88 bits per heavy atom. The number of nitrogens with zero attached hydrogens (tertiary/aromatic N) is 2. The molecule has 2 heterocycles. The Balaban J connectivity index is 1.59. The van der Waals surface area contributed by atoms with Crippen molar-refractivity contribution < 1.29 is 23.1 Å². The van der Waals surface area contributed by atoms with E-state index in [1.165, 1.54) is 6.07 Å². The van der Waals surface area contributed by atoms with Gasteiger partial charge in [0.05, 0.1) is 12.1 Å². The zero-order chi connectivity index (χ0) is 23.0. The number of fused-ring (bicyclic) bond motifs is 1. The zero-order valence-corrected chi connectivity index (χ0v) is 18.5. The average molecular weight is 509 g/mol. The van der Waals surface area contributed by atoms with Crippen LogP contribution >= 0.6 is 15.9 Å². The maximum atomic E-state index is 13.8. The van der Waals surface area contributed by atoms with Gasteiger partial charge in [-0.25, -0.2) is 4.68 Å². The standard InChI is InChI=1S/C22H20BrF3N4O2/c1-12(31)13-4-8-16(9-5-13)27-21(32)18-11-20-28-17(14-2-6-15(23)7-3-14)10-19(22(24,25)26)30(20)29-18/h2-9,11-12,17,19,28,31H,10H2,1H3,(H,27,32)/t12-,17-,19+/m0/s1. The molecule has 0 saturated heterocycles. The number of rotatable bonds is 4. The fraction of sp³-hybridized carbons (Fsp3) is 0.273. The monoisotopic (exact) mass is 508 g/mol. The van der Waals surface area contributed by atoms with Crippen molar-refractivity contribution in [2.24, 2.45) is 0 Å². The highest BCUT2D eigenvalue weighted by molar-refractivity contribution is 9.10. The third-order valence-corrected chi connectivity index (χ3v) is 5.87. The molecule has 3 aromatic rings. The molecule has 4 rings (SSSR count). The summed E-state index contributed by atoms with van der Waals surface area (Å²) in [6, 6.07) is 12.5. The molecule has 0 unspecified atom stereocenters. The summed E-state index contributed by atoms with van der Waals surface area (Å²) in [6.45, 7) is 1.62. The number of carbonyl (C=O) groups is 1. The molecule has 0 fully saturated rings. The topological polar surface area (TPSA) is 79.2 Å². The fourth-order valence-corrected chi connectivity index (χ4v) is 3.90. The first kappa shape index (κ1) is 22.3. The second kappa shape index (κ2) is 8.59. The van der Waals surface area contributed by atoms with Gasteiger partial charge in [-0.05, 0) is 42.3 Å². The molecule has 3 atom stereocenters. The van der Waals surface area contributed by atoms with Gasteiger partial charge in [0.1, 0.15) is 5.82 Å². The first-order valence-electron chi connectivity index (χ1n) is 9.89. The molecule has 0 spiro atoms. The highest BCUT2D eigenvalue weighted by Crippen LogP contribution is 2.43. The summed E-state index contributed by atoms with van der Waals surface area (Å²) in [7, 11) is 0. The van der Waals surface area contributed by atoms with E-state index in [9.17, 15) is 23.1 Å². The van der Waals surface area contributed by atoms with Gasteiger partial charge < -0.3 is 15.7 Å². The Morgan fingerprint density at radius 3 is 2.47 bits per heavy atom. The van der Waals surface area contributed by atoms with Gasteiger partial charge in [0.2, 0.25) is 0 Å². The lowest BCUT2D eigenvalue weighted by atomic mass is 9.97. The van der Waals surface area contributed by atoms with E-state index < -0.39 is 30.3 Å².